The lowest BCUT2D eigenvalue weighted by molar-refractivity contribution is 0.0107. The molecule has 1 aromatic heterocycles. The molecule has 1 saturated heterocycles. The van der Waals surface area contributed by atoms with Gasteiger partial charge in [-0.05, 0) is 33.8 Å². The van der Waals surface area contributed by atoms with Crippen LogP contribution < -0.4 is 0 Å². The van der Waals surface area contributed by atoms with Crippen molar-refractivity contribution in [3.05, 3.63) is 36.3 Å². The second-order valence-electron chi connectivity index (χ2n) is 7.47. The smallest absolute Gasteiger partial charge is 0.410 e. The van der Waals surface area contributed by atoms with Crippen LogP contribution in [0.1, 0.15) is 39.6 Å². The number of rotatable bonds is 2. The van der Waals surface area contributed by atoms with Gasteiger partial charge in [0, 0.05) is 37.8 Å². The van der Waals surface area contributed by atoms with Crippen molar-refractivity contribution < 1.29 is 9.53 Å². The van der Waals surface area contributed by atoms with Crippen LogP contribution in [0.25, 0.3) is 10.9 Å². The van der Waals surface area contributed by atoms with E-state index in [1.165, 1.54) is 0 Å². The Balaban J connectivity index is 1.62. The third-order valence-electron chi connectivity index (χ3n) is 4.40. The minimum atomic E-state index is -0.458. The molecule has 0 radical (unpaired) electrons. The van der Waals surface area contributed by atoms with Crippen LogP contribution in [-0.4, -0.2) is 57.6 Å². The molecule has 3 rings (SSSR count). The van der Waals surface area contributed by atoms with Gasteiger partial charge in [0.05, 0.1) is 11.6 Å². The van der Waals surface area contributed by atoms with Crippen molar-refractivity contribution in [2.45, 2.75) is 39.3 Å². The maximum atomic E-state index is 12.2. The van der Waals surface area contributed by atoms with E-state index in [2.05, 4.69) is 16.8 Å². The average molecular weight is 342 g/mol. The second-order valence-corrected chi connectivity index (χ2v) is 7.47. The number of ether oxygens (including phenoxy) is 1. The number of hydrogen-bond donors (Lipinski definition) is 0. The number of para-hydroxylation sites is 1. The standard InChI is InChI=1S/C19H26N4O2/c1-14(17-20-13-15-7-5-6-8-16(15)21-17)22-9-11-23(12-10-22)18(24)25-19(2,3)4/h5-8,13-14H,9-12H2,1-4H3/t14-/m0/s1. The van der Waals surface area contributed by atoms with Crippen LogP contribution in [0.4, 0.5) is 4.79 Å². The SMILES string of the molecule is C[C@@H](c1ncc2ccccc2n1)N1CCN(C(=O)OC(C)(C)C)CC1. The first-order valence-corrected chi connectivity index (χ1v) is 8.77. The first-order valence-electron chi connectivity index (χ1n) is 8.77. The molecule has 1 fully saturated rings. The molecule has 134 valence electrons. The summed E-state index contributed by atoms with van der Waals surface area (Å²) in [5, 5.41) is 1.05. The summed E-state index contributed by atoms with van der Waals surface area (Å²) in [4.78, 5) is 25.5. The first-order chi connectivity index (χ1) is 11.8. The Morgan fingerprint density at radius 1 is 1.16 bits per heavy atom. The molecule has 0 unspecified atom stereocenters. The molecule has 1 aliphatic heterocycles. The fraction of sp³-hybridized carbons (Fsp3) is 0.526. The molecule has 1 amide bonds. The fourth-order valence-electron chi connectivity index (χ4n) is 2.97. The number of nitrogens with zero attached hydrogens (tertiary/aromatic N) is 4. The Hall–Kier alpha value is -2.21. The van der Waals surface area contributed by atoms with Gasteiger partial charge >= 0.3 is 6.09 Å². The molecular weight excluding hydrogens is 316 g/mol. The van der Waals surface area contributed by atoms with Gasteiger partial charge in [-0.25, -0.2) is 14.8 Å². The van der Waals surface area contributed by atoms with Gasteiger partial charge in [-0.2, -0.15) is 0 Å². The van der Waals surface area contributed by atoms with E-state index in [0.717, 1.165) is 29.8 Å². The van der Waals surface area contributed by atoms with E-state index in [1.807, 2.05) is 51.2 Å². The monoisotopic (exact) mass is 342 g/mol. The molecule has 0 N–H and O–H groups in total. The predicted octanol–water partition coefficient (Wildman–Crippen LogP) is 3.24. The Morgan fingerprint density at radius 2 is 1.84 bits per heavy atom. The molecule has 6 heteroatoms. The summed E-state index contributed by atoms with van der Waals surface area (Å²) in [7, 11) is 0. The number of fused-ring (bicyclic) bond motifs is 1. The third-order valence-corrected chi connectivity index (χ3v) is 4.40. The zero-order chi connectivity index (χ0) is 18.0. The van der Waals surface area contributed by atoms with Crippen LogP contribution in [0.3, 0.4) is 0 Å². The quantitative estimate of drug-likeness (QED) is 0.838. The summed E-state index contributed by atoms with van der Waals surface area (Å²) >= 11 is 0. The number of hydrogen-bond acceptors (Lipinski definition) is 5. The second kappa shape index (κ2) is 6.96. The largest absolute Gasteiger partial charge is 0.444 e. The molecular formula is C19H26N4O2. The van der Waals surface area contributed by atoms with Crippen molar-refractivity contribution in [1.29, 1.82) is 0 Å². The number of aromatic nitrogens is 2. The van der Waals surface area contributed by atoms with E-state index in [-0.39, 0.29) is 12.1 Å². The van der Waals surface area contributed by atoms with Crippen molar-refractivity contribution in [3.8, 4) is 0 Å². The molecule has 2 aromatic rings. The van der Waals surface area contributed by atoms with Crippen LogP contribution >= 0.6 is 0 Å². The van der Waals surface area contributed by atoms with Crippen molar-refractivity contribution >= 4 is 17.0 Å². The van der Waals surface area contributed by atoms with Gasteiger partial charge in [-0.3, -0.25) is 4.90 Å². The normalized spacial score (nSPS) is 17.5. The molecule has 0 aliphatic carbocycles. The Morgan fingerprint density at radius 3 is 2.52 bits per heavy atom. The number of piperazine rings is 1. The zero-order valence-corrected chi connectivity index (χ0v) is 15.4. The Labute approximate surface area is 148 Å². The lowest BCUT2D eigenvalue weighted by atomic mass is 10.2. The van der Waals surface area contributed by atoms with Gasteiger partial charge in [0.2, 0.25) is 0 Å². The summed E-state index contributed by atoms with van der Waals surface area (Å²) in [6, 6.07) is 8.12. The molecule has 1 aliphatic rings. The minimum Gasteiger partial charge on any atom is -0.444 e. The highest BCUT2D eigenvalue weighted by Gasteiger charge is 2.28. The molecule has 1 atom stereocenters. The summed E-state index contributed by atoms with van der Waals surface area (Å²) < 4.78 is 5.45. The van der Waals surface area contributed by atoms with E-state index in [9.17, 15) is 4.79 Å². The highest BCUT2D eigenvalue weighted by atomic mass is 16.6. The Bertz CT molecular complexity index is 748. The van der Waals surface area contributed by atoms with Crippen molar-refractivity contribution in [2.24, 2.45) is 0 Å². The third kappa shape index (κ3) is 4.25. The molecule has 6 nitrogen and oxygen atoms in total. The van der Waals surface area contributed by atoms with Crippen molar-refractivity contribution in [3.63, 3.8) is 0 Å². The van der Waals surface area contributed by atoms with Crippen LogP contribution in [0.15, 0.2) is 30.5 Å². The number of benzene rings is 1. The predicted molar refractivity (Wildman–Crippen MR) is 97.3 cm³/mol. The lowest BCUT2D eigenvalue weighted by Gasteiger charge is -2.37. The summed E-state index contributed by atoms with van der Waals surface area (Å²) in [5.41, 5.74) is 0.507. The number of amides is 1. The lowest BCUT2D eigenvalue weighted by Crippen LogP contribution is -2.50. The van der Waals surface area contributed by atoms with Crippen LogP contribution in [0.5, 0.6) is 0 Å². The molecule has 2 heterocycles. The molecule has 25 heavy (non-hydrogen) atoms. The molecule has 1 aromatic carbocycles. The van der Waals surface area contributed by atoms with Gasteiger partial charge < -0.3 is 9.64 Å². The van der Waals surface area contributed by atoms with E-state index in [0.29, 0.717) is 13.1 Å². The van der Waals surface area contributed by atoms with Gasteiger partial charge in [0.1, 0.15) is 11.4 Å². The summed E-state index contributed by atoms with van der Waals surface area (Å²) in [6.07, 6.45) is 1.65. The molecule has 0 spiro atoms. The maximum absolute atomic E-state index is 12.2. The van der Waals surface area contributed by atoms with Gasteiger partial charge in [-0.15, -0.1) is 0 Å². The number of carbonyl (C=O) groups is 1. The highest BCUT2D eigenvalue weighted by molar-refractivity contribution is 5.77. The maximum Gasteiger partial charge on any atom is 0.410 e. The van der Waals surface area contributed by atoms with Gasteiger partial charge in [0.25, 0.3) is 0 Å². The molecule has 0 bridgehead atoms. The van der Waals surface area contributed by atoms with E-state index in [4.69, 9.17) is 9.72 Å². The van der Waals surface area contributed by atoms with Crippen molar-refractivity contribution in [1.82, 2.24) is 19.8 Å². The average Bonchev–Trinajstić information content (AvgIpc) is 2.59. The summed E-state index contributed by atoms with van der Waals surface area (Å²) in [6.45, 7) is 10.7. The van der Waals surface area contributed by atoms with E-state index >= 15 is 0 Å². The summed E-state index contributed by atoms with van der Waals surface area (Å²) in [5.74, 6) is 0.824. The van der Waals surface area contributed by atoms with Crippen LogP contribution in [0, 0.1) is 0 Å². The fourth-order valence-corrected chi connectivity index (χ4v) is 2.97. The zero-order valence-electron chi connectivity index (χ0n) is 15.4. The topological polar surface area (TPSA) is 58.6 Å². The van der Waals surface area contributed by atoms with E-state index < -0.39 is 5.60 Å². The van der Waals surface area contributed by atoms with Gasteiger partial charge in [0.15, 0.2) is 0 Å². The van der Waals surface area contributed by atoms with Crippen LogP contribution in [0.2, 0.25) is 0 Å². The number of carbonyl (C=O) groups excluding carboxylic acids is 1. The van der Waals surface area contributed by atoms with Crippen LogP contribution in [-0.2, 0) is 4.74 Å². The van der Waals surface area contributed by atoms with E-state index in [1.54, 1.807) is 4.90 Å². The highest BCUT2D eigenvalue weighted by Crippen LogP contribution is 2.21. The van der Waals surface area contributed by atoms with Gasteiger partial charge in [-0.1, -0.05) is 18.2 Å². The Kier molecular flexibility index (Phi) is 4.90. The molecule has 0 saturated carbocycles. The minimum absolute atomic E-state index is 0.116. The first kappa shape index (κ1) is 17.6. The van der Waals surface area contributed by atoms with Crippen molar-refractivity contribution in [2.75, 3.05) is 26.2 Å².